The molecule has 0 aliphatic heterocycles. The van der Waals surface area contributed by atoms with E-state index in [-0.39, 0.29) is 36.0 Å². The van der Waals surface area contributed by atoms with Crippen molar-refractivity contribution in [1.82, 2.24) is 0 Å². The first-order chi connectivity index (χ1) is 15.4. The second-order valence-electron chi connectivity index (χ2n) is 9.99. The molecule has 2 fully saturated rings. The molecule has 3 rings (SSSR count). The highest BCUT2D eigenvalue weighted by molar-refractivity contribution is 5.99. The number of ether oxygens (including phenoxy) is 1. The minimum atomic E-state index is -2.02. The Labute approximate surface area is 193 Å². The molecule has 2 saturated carbocycles. The number of aliphatic hydroxyl groups excluding tert-OH is 1. The average Bonchev–Trinajstić information content (AvgIpc) is 3.38. The van der Waals surface area contributed by atoms with Gasteiger partial charge in [0.2, 0.25) is 5.76 Å². The molecule has 1 heterocycles. The molecule has 0 bridgehead atoms. The Balaban J connectivity index is 1.90. The first-order valence-electron chi connectivity index (χ1n) is 11.6. The summed E-state index contributed by atoms with van der Waals surface area (Å²) >= 11 is 0. The summed E-state index contributed by atoms with van der Waals surface area (Å²) in [6, 6.07) is 3.10. The second kappa shape index (κ2) is 9.53. The van der Waals surface area contributed by atoms with Crippen LogP contribution in [0.5, 0.6) is 0 Å². The van der Waals surface area contributed by atoms with Crippen molar-refractivity contribution in [2.75, 3.05) is 0 Å². The largest absolute Gasteiger partial charge is 0.457 e. The number of ketones is 1. The quantitative estimate of drug-likeness (QED) is 0.412. The lowest BCUT2D eigenvalue weighted by atomic mass is 9.56. The molecule has 1 N–H and O–H groups in total. The zero-order valence-corrected chi connectivity index (χ0v) is 19.7. The topological polar surface area (TPSA) is 76.7 Å². The van der Waals surface area contributed by atoms with Crippen LogP contribution >= 0.6 is 0 Å². The van der Waals surface area contributed by atoms with Crippen molar-refractivity contribution in [1.29, 1.82) is 0 Å². The van der Waals surface area contributed by atoms with Crippen LogP contribution in [0.25, 0.3) is 0 Å². The molecule has 2 unspecified atom stereocenters. The molecule has 0 radical (unpaired) electrons. The standard InChI is InChI=1S/C26H34F2O5/c1-6-16(12-17(29)7-2)20(27)13-19-18-11-15(3)23(33-24(31)21-9-8-10-32-21)25(18,4)14-22(30)26(19,5)28/h7-10,12,15,18-20,22-23,30H,2,6,11,13-14H2,1,3-5H3/b16-12+/t15-,18?,19?,20+,22+,23-,25+,26+/m1/s1. The maximum absolute atomic E-state index is 15.9. The smallest absolute Gasteiger partial charge is 0.374 e. The zero-order valence-electron chi connectivity index (χ0n) is 19.7. The van der Waals surface area contributed by atoms with E-state index < -0.39 is 47.1 Å². The maximum Gasteiger partial charge on any atom is 0.374 e. The summed E-state index contributed by atoms with van der Waals surface area (Å²) in [6.45, 7) is 10.3. The van der Waals surface area contributed by atoms with Crippen LogP contribution in [0.1, 0.15) is 63.9 Å². The lowest BCUT2D eigenvalue weighted by Gasteiger charge is -2.52. The van der Waals surface area contributed by atoms with Gasteiger partial charge in [-0.25, -0.2) is 13.6 Å². The second-order valence-corrected chi connectivity index (χ2v) is 9.99. The Kier molecular flexibility index (Phi) is 7.32. The third kappa shape index (κ3) is 4.70. The van der Waals surface area contributed by atoms with E-state index in [0.717, 1.165) is 6.08 Å². The minimum absolute atomic E-state index is 0.0749. The van der Waals surface area contributed by atoms with Crippen LogP contribution in [0.2, 0.25) is 0 Å². The number of esters is 1. The molecule has 0 saturated heterocycles. The van der Waals surface area contributed by atoms with Gasteiger partial charge in [-0.15, -0.1) is 0 Å². The van der Waals surface area contributed by atoms with Gasteiger partial charge >= 0.3 is 5.97 Å². The van der Waals surface area contributed by atoms with Gasteiger partial charge in [0.15, 0.2) is 5.78 Å². The Bertz CT molecular complexity index is 906. The van der Waals surface area contributed by atoms with Gasteiger partial charge in [0.25, 0.3) is 0 Å². The van der Waals surface area contributed by atoms with Crippen molar-refractivity contribution in [3.8, 4) is 0 Å². The highest BCUT2D eigenvalue weighted by Crippen LogP contribution is 2.62. The molecule has 2 aliphatic rings. The van der Waals surface area contributed by atoms with E-state index in [9.17, 15) is 14.7 Å². The molecule has 5 nitrogen and oxygen atoms in total. The Morgan fingerprint density at radius 3 is 2.70 bits per heavy atom. The van der Waals surface area contributed by atoms with Crippen molar-refractivity contribution >= 4 is 11.8 Å². The number of aliphatic hydroxyl groups is 1. The van der Waals surface area contributed by atoms with Gasteiger partial charge in [-0.3, -0.25) is 4.79 Å². The lowest BCUT2D eigenvalue weighted by Crippen LogP contribution is -2.58. The van der Waals surface area contributed by atoms with Crippen LogP contribution in [0.4, 0.5) is 8.78 Å². The molecule has 1 aromatic rings. The van der Waals surface area contributed by atoms with Crippen LogP contribution in [-0.2, 0) is 9.53 Å². The third-order valence-corrected chi connectivity index (χ3v) is 7.89. The molecule has 7 heteroatoms. The van der Waals surface area contributed by atoms with Crippen LogP contribution < -0.4 is 0 Å². The van der Waals surface area contributed by atoms with E-state index in [4.69, 9.17) is 9.15 Å². The number of alkyl halides is 2. The van der Waals surface area contributed by atoms with Gasteiger partial charge in [0.05, 0.1) is 12.4 Å². The SMILES string of the molecule is C=CC(=O)/C=C(\CC)[C@@H](F)CC1C2C[C@@H](C)[C@@H](OC(=O)c3ccco3)[C@@]2(C)C[C@H](O)[C@@]1(C)F. The van der Waals surface area contributed by atoms with E-state index in [1.165, 1.54) is 25.3 Å². The van der Waals surface area contributed by atoms with E-state index >= 15 is 8.78 Å². The Morgan fingerprint density at radius 2 is 2.12 bits per heavy atom. The van der Waals surface area contributed by atoms with E-state index in [1.54, 1.807) is 13.0 Å². The number of carbonyl (C=O) groups is 2. The first-order valence-corrected chi connectivity index (χ1v) is 11.6. The molecule has 182 valence electrons. The van der Waals surface area contributed by atoms with Crippen molar-refractivity contribution < 1.29 is 32.6 Å². The monoisotopic (exact) mass is 464 g/mol. The summed E-state index contributed by atoms with van der Waals surface area (Å²) in [4.78, 5) is 24.3. The highest BCUT2D eigenvalue weighted by Gasteiger charge is 2.64. The number of hydrogen-bond donors (Lipinski definition) is 1. The molecule has 0 spiro atoms. The number of halogens is 2. The number of rotatable bonds is 8. The molecule has 8 atom stereocenters. The molecule has 2 aliphatic carbocycles. The Hall–Kier alpha value is -2.28. The molecular weight excluding hydrogens is 430 g/mol. The summed E-state index contributed by atoms with van der Waals surface area (Å²) in [5.74, 6) is -2.17. The van der Waals surface area contributed by atoms with Gasteiger partial charge in [0, 0.05) is 11.3 Å². The number of allylic oxidation sites excluding steroid dienone is 3. The van der Waals surface area contributed by atoms with E-state index in [1.807, 2.05) is 13.8 Å². The predicted octanol–water partition coefficient (Wildman–Crippen LogP) is 5.40. The molecule has 1 aromatic heterocycles. The lowest BCUT2D eigenvalue weighted by molar-refractivity contribution is -0.158. The minimum Gasteiger partial charge on any atom is -0.457 e. The van der Waals surface area contributed by atoms with Gasteiger partial charge in [-0.2, -0.15) is 0 Å². The molecular formula is C26H34F2O5. The fraction of sp³-hybridized carbons (Fsp3) is 0.615. The predicted molar refractivity (Wildman–Crippen MR) is 120 cm³/mol. The molecule has 0 aromatic carbocycles. The van der Waals surface area contributed by atoms with Crippen molar-refractivity contribution in [2.24, 2.45) is 23.2 Å². The van der Waals surface area contributed by atoms with Crippen LogP contribution in [0, 0.1) is 23.2 Å². The number of carbonyl (C=O) groups excluding carboxylic acids is 2. The summed E-state index contributed by atoms with van der Waals surface area (Å²) in [6.07, 6.45) is 1.04. The first kappa shape index (κ1) is 25.3. The highest BCUT2D eigenvalue weighted by atomic mass is 19.1. The number of furan rings is 1. The maximum atomic E-state index is 15.9. The summed E-state index contributed by atoms with van der Waals surface area (Å²) in [7, 11) is 0. The fourth-order valence-corrected chi connectivity index (χ4v) is 6.05. The van der Waals surface area contributed by atoms with Gasteiger partial charge in [0.1, 0.15) is 17.9 Å². The van der Waals surface area contributed by atoms with Gasteiger partial charge in [-0.1, -0.05) is 27.4 Å². The van der Waals surface area contributed by atoms with Gasteiger partial charge in [-0.05, 0) is 74.3 Å². The number of fused-ring (bicyclic) bond motifs is 1. The van der Waals surface area contributed by atoms with Crippen LogP contribution in [-0.4, -0.2) is 40.9 Å². The normalized spacial score (nSPS) is 37.3. The van der Waals surface area contributed by atoms with Gasteiger partial charge < -0.3 is 14.3 Å². The Morgan fingerprint density at radius 1 is 1.42 bits per heavy atom. The fourth-order valence-electron chi connectivity index (χ4n) is 6.05. The average molecular weight is 465 g/mol. The van der Waals surface area contributed by atoms with Crippen molar-refractivity contribution in [3.05, 3.63) is 48.5 Å². The van der Waals surface area contributed by atoms with Crippen LogP contribution in [0.3, 0.4) is 0 Å². The van der Waals surface area contributed by atoms with Crippen molar-refractivity contribution in [3.63, 3.8) is 0 Å². The summed E-state index contributed by atoms with van der Waals surface area (Å²) < 4.78 is 42.2. The molecule has 33 heavy (non-hydrogen) atoms. The zero-order chi connectivity index (χ0) is 24.6. The summed E-state index contributed by atoms with van der Waals surface area (Å²) in [5.41, 5.74) is -2.47. The van der Waals surface area contributed by atoms with Crippen molar-refractivity contribution in [2.45, 2.75) is 77.4 Å². The third-order valence-electron chi connectivity index (χ3n) is 7.89. The summed E-state index contributed by atoms with van der Waals surface area (Å²) in [5, 5.41) is 10.8. The van der Waals surface area contributed by atoms with Crippen LogP contribution in [0.15, 0.2) is 47.1 Å². The van der Waals surface area contributed by atoms with E-state index in [0.29, 0.717) is 12.8 Å². The number of hydrogen-bond acceptors (Lipinski definition) is 5. The van der Waals surface area contributed by atoms with E-state index in [2.05, 4.69) is 6.58 Å². The molecule has 0 amide bonds.